The van der Waals surface area contributed by atoms with Crippen LogP contribution >= 0.6 is 11.8 Å². The summed E-state index contributed by atoms with van der Waals surface area (Å²) in [6.07, 6.45) is -10.7. The van der Waals surface area contributed by atoms with E-state index in [0.29, 0.717) is 12.1 Å². The van der Waals surface area contributed by atoms with Crippen molar-refractivity contribution in [3.05, 3.63) is 38.4 Å². The highest BCUT2D eigenvalue weighted by molar-refractivity contribution is 7.99. The van der Waals surface area contributed by atoms with Gasteiger partial charge in [-0.1, -0.05) is 0 Å². The number of nitrogens with zero attached hydrogens (tertiary/aromatic N) is 2. The second-order valence-electron chi connectivity index (χ2n) is 7.41. The van der Waals surface area contributed by atoms with Gasteiger partial charge in [0.1, 0.15) is 0 Å². The summed E-state index contributed by atoms with van der Waals surface area (Å²) >= 11 is -0.330. The molecule has 6 nitrogen and oxygen atoms in total. The lowest BCUT2D eigenvalue weighted by atomic mass is 9.88. The zero-order valence-electron chi connectivity index (χ0n) is 18.0. The topological polar surface area (TPSA) is 86.3 Å². The molecule has 0 saturated carbocycles. The summed E-state index contributed by atoms with van der Waals surface area (Å²) in [7, 11) is 0. The summed E-state index contributed by atoms with van der Waals surface area (Å²) in [6, 6.07) is 1.17. The predicted octanol–water partition coefficient (Wildman–Crippen LogP) is 7.99. The van der Waals surface area contributed by atoms with Gasteiger partial charge in [0.15, 0.2) is 0 Å². The van der Waals surface area contributed by atoms with Crippen LogP contribution in [0.2, 0.25) is 0 Å². The molecule has 0 spiro atoms. The van der Waals surface area contributed by atoms with Crippen LogP contribution in [0.3, 0.4) is 0 Å². The van der Waals surface area contributed by atoms with Gasteiger partial charge in [-0.3, -0.25) is 20.2 Å². The molecular formula is C16H7F17N2O4S. The van der Waals surface area contributed by atoms with Crippen LogP contribution < -0.4 is 0 Å². The molecule has 1 aromatic carbocycles. The maximum Gasteiger partial charge on any atom is 0.460 e. The molecule has 0 aromatic heterocycles. The monoisotopic (exact) mass is 646 g/mol. The quantitative estimate of drug-likeness (QED) is 0.0995. The molecule has 0 heterocycles. The molecule has 0 aliphatic heterocycles. The van der Waals surface area contributed by atoms with E-state index in [1.807, 2.05) is 0 Å². The highest BCUT2D eigenvalue weighted by Gasteiger charge is 2.95. The number of hydrogen-bond acceptors (Lipinski definition) is 5. The highest BCUT2D eigenvalue weighted by Crippen LogP contribution is 2.64. The Labute approximate surface area is 211 Å². The maximum absolute atomic E-state index is 13.9. The predicted molar refractivity (Wildman–Crippen MR) is 95.8 cm³/mol. The lowest BCUT2D eigenvalue weighted by Crippen LogP contribution is -2.74. The Balaban J connectivity index is 3.39. The molecule has 0 aliphatic rings. The van der Waals surface area contributed by atoms with Crippen LogP contribution in [0.25, 0.3) is 0 Å². The van der Waals surface area contributed by atoms with Crippen molar-refractivity contribution in [2.75, 3.05) is 5.75 Å². The first-order chi connectivity index (χ1) is 17.5. The van der Waals surface area contributed by atoms with Crippen LogP contribution in [0.15, 0.2) is 23.1 Å². The van der Waals surface area contributed by atoms with Gasteiger partial charge in [-0.2, -0.15) is 74.6 Å². The fourth-order valence-electron chi connectivity index (χ4n) is 2.53. The van der Waals surface area contributed by atoms with Crippen molar-refractivity contribution in [3.8, 4) is 0 Å². The molecule has 0 saturated heterocycles. The molecule has 0 radical (unpaired) electrons. The Hall–Kier alpha value is -2.82. The summed E-state index contributed by atoms with van der Waals surface area (Å²) in [6.45, 7) is 0. The number of nitro benzene ring substituents is 2. The molecule has 1 aromatic rings. The van der Waals surface area contributed by atoms with Gasteiger partial charge in [-0.05, 0) is 6.07 Å². The van der Waals surface area contributed by atoms with Crippen molar-refractivity contribution in [2.45, 2.75) is 59.0 Å². The smallest absolute Gasteiger partial charge is 0.258 e. The van der Waals surface area contributed by atoms with Crippen LogP contribution in [-0.4, -0.2) is 63.2 Å². The van der Waals surface area contributed by atoms with E-state index in [1.165, 1.54) is 0 Å². The van der Waals surface area contributed by atoms with Gasteiger partial charge in [0.05, 0.1) is 20.8 Å². The first kappa shape index (κ1) is 35.2. The van der Waals surface area contributed by atoms with Gasteiger partial charge in [-0.25, -0.2) is 0 Å². The summed E-state index contributed by atoms with van der Waals surface area (Å²) in [5, 5.41) is 21.5. The number of non-ortho nitro benzene ring substituents is 1. The first-order valence-electron chi connectivity index (χ1n) is 9.22. The van der Waals surface area contributed by atoms with Gasteiger partial charge in [0.2, 0.25) is 0 Å². The molecule has 0 atom stereocenters. The Kier molecular flexibility index (Phi) is 9.00. The third-order valence-electron chi connectivity index (χ3n) is 4.81. The van der Waals surface area contributed by atoms with Crippen molar-refractivity contribution in [1.82, 2.24) is 0 Å². The summed E-state index contributed by atoms with van der Waals surface area (Å²) < 4.78 is 225. The standard InChI is InChI=1S/C16H7F17N2O4S/c17-9(18,3-4-40-8-2-1-6(34(36)37)5-7(8)35(38)39)10(19,20)11(21,22)12(23,24)13(25,26)14(27,28)15(29,30)16(31,32)33/h1-2,5H,3-4H2. The van der Waals surface area contributed by atoms with E-state index < -0.39 is 85.9 Å². The molecule has 230 valence electrons. The number of halogens is 17. The van der Waals surface area contributed by atoms with Gasteiger partial charge in [-0.15, -0.1) is 11.8 Å². The molecule has 40 heavy (non-hydrogen) atoms. The number of hydrogen-bond donors (Lipinski definition) is 0. The maximum atomic E-state index is 13.9. The fourth-order valence-corrected chi connectivity index (χ4v) is 3.55. The number of alkyl halides is 17. The number of rotatable bonds is 12. The van der Waals surface area contributed by atoms with E-state index in [4.69, 9.17) is 0 Å². The molecular weight excluding hydrogens is 639 g/mol. The molecule has 0 aliphatic carbocycles. The first-order valence-corrected chi connectivity index (χ1v) is 10.2. The second-order valence-corrected chi connectivity index (χ2v) is 8.55. The van der Waals surface area contributed by atoms with Crippen LogP contribution in [0.4, 0.5) is 86.0 Å². The van der Waals surface area contributed by atoms with E-state index in [2.05, 4.69) is 0 Å². The molecule has 0 amide bonds. The van der Waals surface area contributed by atoms with Crippen LogP contribution in [0.1, 0.15) is 6.42 Å². The Morgan fingerprint density at radius 3 is 1.38 bits per heavy atom. The summed E-state index contributed by atoms with van der Waals surface area (Å²) in [4.78, 5) is 18.1. The van der Waals surface area contributed by atoms with E-state index >= 15 is 0 Å². The summed E-state index contributed by atoms with van der Waals surface area (Å²) in [5.74, 6) is -59.0. The van der Waals surface area contributed by atoms with Crippen LogP contribution in [0, 0.1) is 20.2 Å². The average Bonchev–Trinajstić information content (AvgIpc) is 2.77. The molecule has 24 heteroatoms. The average molecular weight is 646 g/mol. The van der Waals surface area contributed by atoms with Crippen LogP contribution in [0.5, 0.6) is 0 Å². The van der Waals surface area contributed by atoms with Crippen molar-refractivity contribution in [2.24, 2.45) is 0 Å². The van der Waals surface area contributed by atoms with Gasteiger partial charge in [0.25, 0.3) is 11.4 Å². The largest absolute Gasteiger partial charge is 0.460 e. The van der Waals surface area contributed by atoms with Crippen molar-refractivity contribution >= 4 is 23.1 Å². The minimum atomic E-state index is -8.74. The SMILES string of the molecule is O=[N+]([O-])c1ccc(SCCC(F)(F)C(F)(F)C(F)(F)C(F)(F)C(F)(F)C(F)(F)C(F)(F)C(F)(F)F)c([N+](=O)[O-])c1. The minimum Gasteiger partial charge on any atom is -0.258 e. The van der Waals surface area contributed by atoms with E-state index in [9.17, 15) is 94.9 Å². The molecule has 0 N–H and O–H groups in total. The lowest BCUT2D eigenvalue weighted by molar-refractivity contribution is -0.461. The molecule has 0 bridgehead atoms. The van der Waals surface area contributed by atoms with Crippen molar-refractivity contribution in [3.63, 3.8) is 0 Å². The van der Waals surface area contributed by atoms with Crippen LogP contribution in [-0.2, 0) is 0 Å². The summed E-state index contributed by atoms with van der Waals surface area (Å²) in [5.41, 5.74) is -2.22. The van der Waals surface area contributed by atoms with Crippen molar-refractivity contribution < 1.29 is 84.5 Å². The molecule has 1 rings (SSSR count). The highest BCUT2D eigenvalue weighted by atomic mass is 32.2. The van der Waals surface area contributed by atoms with Gasteiger partial charge in [0, 0.05) is 18.2 Å². The van der Waals surface area contributed by atoms with Gasteiger partial charge >= 0.3 is 47.6 Å². The zero-order chi connectivity index (χ0) is 32.1. The Bertz CT molecular complexity index is 1140. The lowest BCUT2D eigenvalue weighted by Gasteiger charge is -2.42. The third-order valence-corrected chi connectivity index (χ3v) is 5.88. The van der Waals surface area contributed by atoms with Crippen molar-refractivity contribution in [1.29, 1.82) is 0 Å². The molecule has 0 unspecified atom stereocenters. The number of thioether (sulfide) groups is 1. The normalized spacial score (nSPS) is 14.8. The fraction of sp³-hybridized carbons (Fsp3) is 0.625. The third kappa shape index (κ3) is 5.29. The number of benzene rings is 1. The number of nitro groups is 2. The zero-order valence-corrected chi connectivity index (χ0v) is 18.8. The molecule has 0 fully saturated rings. The van der Waals surface area contributed by atoms with Gasteiger partial charge < -0.3 is 0 Å². The minimum absolute atomic E-state index is 0.211. The van der Waals surface area contributed by atoms with E-state index in [-0.39, 0.29) is 17.8 Å². The second kappa shape index (κ2) is 10.2. The van der Waals surface area contributed by atoms with E-state index in [0.717, 1.165) is 0 Å². The Morgan fingerprint density at radius 2 is 1.00 bits per heavy atom. The van der Waals surface area contributed by atoms with E-state index in [1.54, 1.807) is 0 Å². The Morgan fingerprint density at radius 1 is 0.600 bits per heavy atom.